The lowest BCUT2D eigenvalue weighted by Gasteiger charge is -2.47. The third kappa shape index (κ3) is 1.48. The van der Waals surface area contributed by atoms with Crippen molar-refractivity contribution in [2.24, 2.45) is 11.8 Å². The lowest BCUT2D eigenvalue weighted by atomic mass is 9.70. The molecule has 0 nitrogen and oxygen atoms in total. The van der Waals surface area contributed by atoms with Gasteiger partial charge in [-0.1, -0.05) is 45.3 Å². The van der Waals surface area contributed by atoms with Crippen molar-refractivity contribution in [2.75, 3.05) is 0 Å². The van der Waals surface area contributed by atoms with Crippen LogP contribution in [0.25, 0.3) is 0 Å². The molecule has 1 atom stereocenters. The zero-order chi connectivity index (χ0) is 8.77. The normalized spacial score (nSPS) is 41.8. The topological polar surface area (TPSA) is 0 Å². The average molecular weight is 182 g/mol. The summed E-state index contributed by atoms with van der Waals surface area (Å²) in [5.74, 6) is 2.27. The van der Waals surface area contributed by atoms with E-state index in [-0.39, 0.29) is 0 Å². The molecule has 0 aromatic rings. The second kappa shape index (κ2) is 2.86. The van der Waals surface area contributed by atoms with Gasteiger partial charge in [-0.2, -0.15) is 0 Å². The molecule has 3 aliphatic carbocycles. The SMILES string of the molecule is C[Si](C)(C)[C@@H]1CC2CCC1CC2. The van der Waals surface area contributed by atoms with E-state index in [2.05, 4.69) is 19.6 Å². The molecule has 0 heterocycles. The van der Waals surface area contributed by atoms with Gasteiger partial charge < -0.3 is 0 Å². The summed E-state index contributed by atoms with van der Waals surface area (Å²) in [6, 6.07) is 0. The van der Waals surface area contributed by atoms with E-state index in [0.717, 1.165) is 11.8 Å². The van der Waals surface area contributed by atoms with E-state index < -0.39 is 8.07 Å². The fraction of sp³-hybridized carbons (Fsp3) is 1.00. The molecule has 3 fully saturated rings. The first-order chi connectivity index (χ1) is 5.57. The summed E-state index contributed by atoms with van der Waals surface area (Å²) in [4.78, 5) is 0. The van der Waals surface area contributed by atoms with Crippen molar-refractivity contribution in [3.05, 3.63) is 0 Å². The number of hydrogen-bond donors (Lipinski definition) is 0. The highest BCUT2D eigenvalue weighted by Gasteiger charge is 2.41. The molecule has 0 amide bonds. The summed E-state index contributed by atoms with van der Waals surface area (Å²) in [6.45, 7) is 7.70. The monoisotopic (exact) mass is 182 g/mol. The Morgan fingerprint density at radius 2 is 1.50 bits per heavy atom. The van der Waals surface area contributed by atoms with Crippen molar-refractivity contribution in [2.45, 2.75) is 57.3 Å². The minimum Gasteiger partial charge on any atom is -0.0693 e. The Balaban J connectivity index is 2.09. The molecule has 0 radical (unpaired) electrons. The van der Waals surface area contributed by atoms with Gasteiger partial charge in [0.25, 0.3) is 0 Å². The maximum Gasteiger partial charge on any atom is 0.0476 e. The first-order valence-electron chi connectivity index (χ1n) is 5.57. The van der Waals surface area contributed by atoms with Gasteiger partial charge >= 0.3 is 0 Å². The average Bonchev–Trinajstić information content (AvgIpc) is 2.05. The zero-order valence-electron chi connectivity index (χ0n) is 8.77. The molecule has 2 bridgehead atoms. The van der Waals surface area contributed by atoms with Crippen LogP contribution in [0.15, 0.2) is 0 Å². The Bertz CT molecular complexity index is 160. The zero-order valence-corrected chi connectivity index (χ0v) is 9.77. The van der Waals surface area contributed by atoms with Crippen LogP contribution in [0.4, 0.5) is 0 Å². The molecule has 0 saturated heterocycles. The van der Waals surface area contributed by atoms with Crippen molar-refractivity contribution < 1.29 is 0 Å². The van der Waals surface area contributed by atoms with Gasteiger partial charge in [-0.25, -0.2) is 0 Å². The summed E-state index contributed by atoms with van der Waals surface area (Å²) in [6.07, 6.45) is 7.86. The van der Waals surface area contributed by atoms with Crippen LogP contribution in [-0.4, -0.2) is 8.07 Å². The van der Waals surface area contributed by atoms with Crippen LogP contribution in [0, 0.1) is 11.8 Å². The predicted octanol–water partition coefficient (Wildman–Crippen LogP) is 3.90. The van der Waals surface area contributed by atoms with Crippen LogP contribution in [0.2, 0.25) is 25.2 Å². The molecule has 1 heteroatoms. The van der Waals surface area contributed by atoms with E-state index in [4.69, 9.17) is 0 Å². The predicted molar refractivity (Wildman–Crippen MR) is 57.2 cm³/mol. The second-order valence-electron chi connectivity index (χ2n) is 5.99. The standard InChI is InChI=1S/C11H22Si/c1-12(2,3)11-8-9-4-6-10(11)7-5-9/h9-11H,4-8H2,1-3H3/t9?,10?,11-/m1/s1. The van der Waals surface area contributed by atoms with Crippen LogP contribution in [-0.2, 0) is 0 Å². The van der Waals surface area contributed by atoms with E-state index >= 15 is 0 Å². The molecule has 3 aliphatic rings. The molecule has 0 unspecified atom stereocenters. The Kier molecular flexibility index (Phi) is 2.10. The van der Waals surface area contributed by atoms with Crippen molar-refractivity contribution in [1.29, 1.82) is 0 Å². The highest BCUT2D eigenvalue weighted by atomic mass is 28.3. The van der Waals surface area contributed by atoms with E-state index in [1.165, 1.54) is 5.54 Å². The largest absolute Gasteiger partial charge is 0.0693 e. The molecular weight excluding hydrogens is 160 g/mol. The Labute approximate surface area is 77.8 Å². The molecule has 0 aliphatic heterocycles. The van der Waals surface area contributed by atoms with E-state index in [9.17, 15) is 0 Å². The van der Waals surface area contributed by atoms with Crippen LogP contribution < -0.4 is 0 Å². The molecular formula is C11H22Si. The van der Waals surface area contributed by atoms with Crippen LogP contribution in [0.5, 0.6) is 0 Å². The first-order valence-corrected chi connectivity index (χ1v) is 9.15. The summed E-state index contributed by atoms with van der Waals surface area (Å²) in [7, 11) is -0.810. The van der Waals surface area contributed by atoms with E-state index in [1.54, 1.807) is 32.1 Å². The highest BCUT2D eigenvalue weighted by molar-refractivity contribution is 6.77. The molecule has 0 aromatic carbocycles. The maximum atomic E-state index is 2.57. The number of rotatable bonds is 1. The first kappa shape index (κ1) is 8.80. The molecule has 70 valence electrons. The van der Waals surface area contributed by atoms with Gasteiger partial charge in [0, 0.05) is 8.07 Å². The minimum absolute atomic E-state index is 0.810. The fourth-order valence-electron chi connectivity index (χ4n) is 3.44. The lowest BCUT2D eigenvalue weighted by Crippen LogP contribution is -2.40. The minimum atomic E-state index is -0.810. The van der Waals surface area contributed by atoms with E-state index in [1.807, 2.05) is 0 Å². The van der Waals surface area contributed by atoms with Gasteiger partial charge in [0.15, 0.2) is 0 Å². The van der Waals surface area contributed by atoms with Crippen LogP contribution in [0.1, 0.15) is 32.1 Å². The van der Waals surface area contributed by atoms with Gasteiger partial charge in [-0.05, 0) is 23.8 Å². The third-order valence-corrected chi connectivity index (χ3v) is 7.09. The molecule has 0 N–H and O–H groups in total. The summed E-state index contributed by atoms with van der Waals surface area (Å²) >= 11 is 0. The van der Waals surface area contributed by atoms with E-state index in [0.29, 0.717) is 0 Å². The maximum absolute atomic E-state index is 2.57. The number of fused-ring (bicyclic) bond motifs is 3. The molecule has 0 spiro atoms. The van der Waals surface area contributed by atoms with Gasteiger partial charge in [0.2, 0.25) is 0 Å². The molecule has 0 aromatic heterocycles. The highest BCUT2D eigenvalue weighted by Crippen LogP contribution is 2.51. The molecule has 3 saturated carbocycles. The summed E-state index contributed by atoms with van der Waals surface area (Å²) < 4.78 is 0. The summed E-state index contributed by atoms with van der Waals surface area (Å²) in [5.41, 5.74) is 1.17. The lowest BCUT2D eigenvalue weighted by molar-refractivity contribution is 0.172. The van der Waals surface area contributed by atoms with Crippen molar-refractivity contribution >= 4 is 8.07 Å². The number of hydrogen-bond acceptors (Lipinski definition) is 0. The smallest absolute Gasteiger partial charge is 0.0476 e. The molecule has 3 rings (SSSR count). The Morgan fingerprint density at radius 3 is 1.75 bits per heavy atom. The molecule has 12 heavy (non-hydrogen) atoms. The van der Waals surface area contributed by atoms with Crippen molar-refractivity contribution in [3.8, 4) is 0 Å². The fourth-order valence-corrected chi connectivity index (χ4v) is 6.23. The van der Waals surface area contributed by atoms with Gasteiger partial charge in [0.1, 0.15) is 0 Å². The van der Waals surface area contributed by atoms with Crippen molar-refractivity contribution in [3.63, 3.8) is 0 Å². The third-order valence-electron chi connectivity index (χ3n) is 4.16. The van der Waals surface area contributed by atoms with Gasteiger partial charge in [-0.15, -0.1) is 0 Å². The van der Waals surface area contributed by atoms with Gasteiger partial charge in [-0.3, -0.25) is 0 Å². The van der Waals surface area contributed by atoms with Gasteiger partial charge in [0.05, 0.1) is 0 Å². The second-order valence-corrected chi connectivity index (χ2v) is 11.5. The quantitative estimate of drug-likeness (QED) is 0.539. The van der Waals surface area contributed by atoms with Crippen molar-refractivity contribution in [1.82, 2.24) is 0 Å². The van der Waals surface area contributed by atoms with Crippen LogP contribution in [0.3, 0.4) is 0 Å². The van der Waals surface area contributed by atoms with Crippen LogP contribution >= 0.6 is 0 Å². The Hall–Kier alpha value is 0.217. The Morgan fingerprint density at radius 1 is 0.917 bits per heavy atom. The summed E-state index contributed by atoms with van der Waals surface area (Å²) in [5, 5.41) is 0.